The highest BCUT2D eigenvalue weighted by Gasteiger charge is 2.25. The van der Waals surface area contributed by atoms with E-state index in [-0.39, 0.29) is 0 Å². The number of carbonyl (C=O) groups excluding carboxylic acids is 1. The van der Waals surface area contributed by atoms with Gasteiger partial charge in [-0.25, -0.2) is 13.2 Å². The Bertz CT molecular complexity index is 1020. The van der Waals surface area contributed by atoms with Gasteiger partial charge in [0.1, 0.15) is 0 Å². The number of amides is 1. The first-order valence-electron chi connectivity index (χ1n) is 7.91. The second kappa shape index (κ2) is 5.88. The highest BCUT2D eigenvalue weighted by Crippen LogP contribution is 2.31. The average molecular weight is 342 g/mol. The standard InChI is InChI=1S/C19H13F3N2O/c20-12-8-9-15(18(22)17(12)21)24-19(25)16-10-4-1-2-6-13(10)23-14-7-3-5-11(14)16/h1-2,4,6,8-9H,3,5,7H2,(H,24,25). The van der Waals surface area contributed by atoms with Gasteiger partial charge in [-0.1, -0.05) is 18.2 Å². The fourth-order valence-electron chi connectivity index (χ4n) is 3.28. The maximum atomic E-state index is 13.9. The molecule has 0 radical (unpaired) electrons. The molecule has 1 N–H and O–H groups in total. The third-order valence-electron chi connectivity index (χ3n) is 4.43. The first kappa shape index (κ1) is 15.6. The van der Waals surface area contributed by atoms with Crippen LogP contribution >= 0.6 is 0 Å². The van der Waals surface area contributed by atoms with Crippen molar-refractivity contribution >= 4 is 22.5 Å². The predicted molar refractivity (Wildman–Crippen MR) is 88.0 cm³/mol. The van der Waals surface area contributed by atoms with E-state index in [4.69, 9.17) is 0 Å². The van der Waals surface area contributed by atoms with Crippen LogP contribution in [-0.2, 0) is 12.8 Å². The summed E-state index contributed by atoms with van der Waals surface area (Å²) in [5, 5.41) is 3.02. The number of nitrogens with one attached hydrogen (secondary N) is 1. The number of hydrogen-bond acceptors (Lipinski definition) is 2. The zero-order chi connectivity index (χ0) is 17.6. The smallest absolute Gasteiger partial charge is 0.256 e. The molecule has 0 saturated heterocycles. The Morgan fingerprint density at radius 1 is 1.00 bits per heavy atom. The zero-order valence-corrected chi connectivity index (χ0v) is 13.1. The average Bonchev–Trinajstić information content (AvgIpc) is 3.07. The molecule has 3 nitrogen and oxygen atoms in total. The molecule has 1 aliphatic carbocycles. The monoisotopic (exact) mass is 342 g/mol. The summed E-state index contributed by atoms with van der Waals surface area (Å²) in [6.45, 7) is 0. The van der Waals surface area contributed by atoms with Crippen LogP contribution in [0.4, 0.5) is 18.9 Å². The number of nitrogens with zero attached hydrogens (tertiary/aromatic N) is 1. The number of halogens is 3. The molecular weight excluding hydrogens is 329 g/mol. The number of aryl methyl sites for hydroxylation is 1. The van der Waals surface area contributed by atoms with Crippen LogP contribution in [-0.4, -0.2) is 10.9 Å². The number of para-hydroxylation sites is 1. The summed E-state index contributed by atoms with van der Waals surface area (Å²) in [6, 6.07) is 8.99. The van der Waals surface area contributed by atoms with Crippen LogP contribution in [0.3, 0.4) is 0 Å². The molecule has 0 unspecified atom stereocenters. The second-order valence-corrected chi connectivity index (χ2v) is 5.96. The summed E-state index contributed by atoms with van der Waals surface area (Å²) in [5.41, 5.74) is 2.40. The van der Waals surface area contributed by atoms with E-state index >= 15 is 0 Å². The molecule has 126 valence electrons. The fraction of sp³-hybridized carbons (Fsp3) is 0.158. The minimum Gasteiger partial charge on any atom is -0.319 e. The van der Waals surface area contributed by atoms with Crippen molar-refractivity contribution in [3.8, 4) is 0 Å². The lowest BCUT2D eigenvalue weighted by atomic mass is 10.0. The molecule has 4 rings (SSSR count). The molecule has 2 aromatic carbocycles. The largest absolute Gasteiger partial charge is 0.319 e. The Morgan fingerprint density at radius 3 is 2.64 bits per heavy atom. The van der Waals surface area contributed by atoms with Gasteiger partial charge in [-0.15, -0.1) is 0 Å². The second-order valence-electron chi connectivity index (χ2n) is 5.96. The molecule has 1 aromatic heterocycles. The lowest BCUT2D eigenvalue weighted by Gasteiger charge is -2.13. The minimum absolute atomic E-state index is 0.392. The summed E-state index contributed by atoms with van der Waals surface area (Å²) < 4.78 is 40.4. The maximum Gasteiger partial charge on any atom is 0.256 e. The maximum absolute atomic E-state index is 13.9. The summed E-state index contributed by atoms with van der Waals surface area (Å²) >= 11 is 0. The topological polar surface area (TPSA) is 42.0 Å². The van der Waals surface area contributed by atoms with Crippen molar-refractivity contribution in [2.75, 3.05) is 5.32 Å². The SMILES string of the molecule is O=C(Nc1ccc(F)c(F)c1F)c1c2c(nc3ccccc13)CCC2. The molecule has 1 aliphatic rings. The number of aromatic nitrogens is 1. The molecule has 0 fully saturated rings. The number of fused-ring (bicyclic) bond motifs is 2. The summed E-state index contributed by atoms with van der Waals surface area (Å²) in [6.07, 6.45) is 2.37. The van der Waals surface area contributed by atoms with E-state index in [1.807, 2.05) is 12.1 Å². The molecule has 0 bridgehead atoms. The first-order chi connectivity index (χ1) is 12.1. The zero-order valence-electron chi connectivity index (χ0n) is 13.1. The highest BCUT2D eigenvalue weighted by atomic mass is 19.2. The predicted octanol–water partition coefficient (Wildman–Crippen LogP) is 4.39. The van der Waals surface area contributed by atoms with Gasteiger partial charge in [0.15, 0.2) is 17.5 Å². The van der Waals surface area contributed by atoms with Crippen molar-refractivity contribution in [1.29, 1.82) is 0 Å². The van der Waals surface area contributed by atoms with Crippen LogP contribution in [0.2, 0.25) is 0 Å². The number of benzene rings is 2. The van der Waals surface area contributed by atoms with Gasteiger partial charge >= 0.3 is 0 Å². The Labute approximate surface area is 141 Å². The van der Waals surface area contributed by atoms with Gasteiger partial charge in [0.2, 0.25) is 0 Å². The molecule has 6 heteroatoms. The minimum atomic E-state index is -1.61. The van der Waals surface area contributed by atoms with Crippen LogP contribution in [0.1, 0.15) is 28.0 Å². The lowest BCUT2D eigenvalue weighted by molar-refractivity contribution is 0.102. The molecular formula is C19H13F3N2O. The van der Waals surface area contributed by atoms with Gasteiger partial charge in [0.05, 0.1) is 16.8 Å². The van der Waals surface area contributed by atoms with Crippen LogP contribution in [0, 0.1) is 17.5 Å². The molecule has 1 heterocycles. The van der Waals surface area contributed by atoms with Crippen molar-refractivity contribution < 1.29 is 18.0 Å². The number of anilines is 1. The van der Waals surface area contributed by atoms with E-state index in [0.717, 1.165) is 36.2 Å². The van der Waals surface area contributed by atoms with E-state index in [9.17, 15) is 18.0 Å². The van der Waals surface area contributed by atoms with Crippen LogP contribution in [0.15, 0.2) is 36.4 Å². The van der Waals surface area contributed by atoms with Gasteiger partial charge in [-0.2, -0.15) is 0 Å². The molecule has 3 aromatic rings. The van der Waals surface area contributed by atoms with Crippen molar-refractivity contribution in [3.63, 3.8) is 0 Å². The van der Waals surface area contributed by atoms with E-state index < -0.39 is 29.0 Å². The Hall–Kier alpha value is -2.89. The van der Waals surface area contributed by atoms with Gasteiger partial charge in [-0.3, -0.25) is 9.78 Å². The molecule has 25 heavy (non-hydrogen) atoms. The molecule has 1 amide bonds. The van der Waals surface area contributed by atoms with Crippen LogP contribution < -0.4 is 5.32 Å². The summed E-state index contributed by atoms with van der Waals surface area (Å²) in [7, 11) is 0. The van der Waals surface area contributed by atoms with Crippen LogP contribution in [0.25, 0.3) is 10.9 Å². The summed E-state index contributed by atoms with van der Waals surface area (Å²) in [5.74, 6) is -4.88. The summed E-state index contributed by atoms with van der Waals surface area (Å²) in [4.78, 5) is 17.4. The van der Waals surface area contributed by atoms with Gasteiger partial charge in [0, 0.05) is 11.1 Å². The van der Waals surface area contributed by atoms with Crippen LogP contribution in [0.5, 0.6) is 0 Å². The molecule has 0 aliphatic heterocycles. The van der Waals surface area contributed by atoms with Crippen molar-refractivity contribution in [1.82, 2.24) is 4.98 Å². The van der Waals surface area contributed by atoms with Crippen molar-refractivity contribution in [2.24, 2.45) is 0 Å². The van der Waals surface area contributed by atoms with Gasteiger partial charge in [0.25, 0.3) is 5.91 Å². The van der Waals surface area contributed by atoms with E-state index in [1.54, 1.807) is 12.1 Å². The van der Waals surface area contributed by atoms with E-state index in [2.05, 4.69) is 10.3 Å². The Kier molecular flexibility index (Phi) is 3.67. The van der Waals surface area contributed by atoms with Gasteiger partial charge in [-0.05, 0) is 43.0 Å². The number of pyridine rings is 1. The number of carbonyl (C=O) groups is 1. The number of rotatable bonds is 2. The fourth-order valence-corrected chi connectivity index (χ4v) is 3.28. The van der Waals surface area contributed by atoms with Gasteiger partial charge < -0.3 is 5.32 Å². The normalized spacial score (nSPS) is 13.1. The van der Waals surface area contributed by atoms with E-state index in [0.29, 0.717) is 22.9 Å². The third kappa shape index (κ3) is 2.54. The third-order valence-corrected chi connectivity index (χ3v) is 4.43. The molecule has 0 atom stereocenters. The Balaban J connectivity index is 1.82. The molecule has 0 saturated carbocycles. The van der Waals surface area contributed by atoms with Crippen molar-refractivity contribution in [2.45, 2.75) is 19.3 Å². The van der Waals surface area contributed by atoms with Crippen molar-refractivity contribution in [3.05, 3.63) is 70.7 Å². The quantitative estimate of drug-likeness (QED) is 0.702. The Morgan fingerprint density at radius 2 is 1.80 bits per heavy atom. The highest BCUT2D eigenvalue weighted by molar-refractivity contribution is 6.13. The van der Waals surface area contributed by atoms with E-state index in [1.165, 1.54) is 0 Å². The number of hydrogen-bond donors (Lipinski definition) is 1. The lowest BCUT2D eigenvalue weighted by Crippen LogP contribution is -2.17. The molecule has 0 spiro atoms. The first-order valence-corrected chi connectivity index (χ1v) is 7.91.